The van der Waals surface area contributed by atoms with Gasteiger partial charge in [0.1, 0.15) is 0 Å². The van der Waals surface area contributed by atoms with Crippen LogP contribution in [0, 0.1) is 13.8 Å². The van der Waals surface area contributed by atoms with Crippen molar-refractivity contribution >= 4 is 22.2 Å². The molecule has 22 heavy (non-hydrogen) atoms. The maximum Gasteiger partial charge on any atom is 0.0797 e. The minimum Gasteiger partial charge on any atom is -0.344 e. The lowest BCUT2D eigenvalue weighted by Crippen LogP contribution is -2.24. The van der Waals surface area contributed by atoms with Gasteiger partial charge >= 0.3 is 0 Å². The molecule has 0 aliphatic carbocycles. The summed E-state index contributed by atoms with van der Waals surface area (Å²) in [7, 11) is 0. The highest BCUT2D eigenvalue weighted by Crippen LogP contribution is 2.30. The Morgan fingerprint density at radius 2 is 2.23 bits per heavy atom. The van der Waals surface area contributed by atoms with Crippen LogP contribution in [-0.2, 0) is 25.9 Å². The van der Waals surface area contributed by atoms with Gasteiger partial charge in [-0.2, -0.15) is 0 Å². The van der Waals surface area contributed by atoms with Gasteiger partial charge in [0.15, 0.2) is 0 Å². The smallest absolute Gasteiger partial charge is 0.0797 e. The third-order valence-electron chi connectivity index (χ3n) is 4.69. The lowest BCUT2D eigenvalue weighted by molar-refractivity contribution is 0.595. The fraction of sp³-hybridized carbons (Fsp3) is 0.389. The molecule has 2 aromatic heterocycles. The molecule has 0 bridgehead atoms. The highest BCUT2D eigenvalue weighted by molar-refractivity contribution is 7.09. The Labute approximate surface area is 135 Å². The molecule has 0 spiro atoms. The number of nitrogens with zero attached hydrogens (tertiary/aromatic N) is 2. The molecule has 0 unspecified atom stereocenters. The third kappa shape index (κ3) is 2.27. The van der Waals surface area contributed by atoms with Crippen molar-refractivity contribution in [2.45, 2.75) is 39.8 Å². The number of rotatable bonds is 3. The molecule has 3 nitrogen and oxygen atoms in total. The Kier molecular flexibility index (Phi) is 3.51. The summed E-state index contributed by atoms with van der Waals surface area (Å²) in [4.78, 5) is 5.79. The van der Waals surface area contributed by atoms with Crippen LogP contribution in [0.25, 0.3) is 10.9 Å². The molecule has 0 radical (unpaired) electrons. The van der Waals surface area contributed by atoms with Gasteiger partial charge in [-0.1, -0.05) is 11.6 Å². The first-order chi connectivity index (χ1) is 10.7. The first-order valence-corrected chi connectivity index (χ1v) is 8.82. The minimum absolute atomic E-state index is 1.00. The van der Waals surface area contributed by atoms with Crippen molar-refractivity contribution < 1.29 is 0 Å². The van der Waals surface area contributed by atoms with Crippen LogP contribution in [0.2, 0.25) is 0 Å². The Morgan fingerprint density at radius 3 is 3.05 bits per heavy atom. The number of benzene rings is 1. The van der Waals surface area contributed by atoms with Crippen molar-refractivity contribution in [2.75, 3.05) is 6.54 Å². The van der Waals surface area contributed by atoms with E-state index in [1.54, 1.807) is 11.3 Å². The number of thiazole rings is 1. The maximum absolute atomic E-state index is 4.38. The fourth-order valence-electron chi connectivity index (χ4n) is 3.53. The molecule has 0 saturated heterocycles. The SMILES string of the molecule is Cc1ccc2c(c1)c1c(n2CCc2scnc2C)CCNC1. The number of fused-ring (bicyclic) bond motifs is 3. The summed E-state index contributed by atoms with van der Waals surface area (Å²) >= 11 is 1.78. The molecule has 4 rings (SSSR count). The standard InChI is InChI=1S/C18H21N3S/c1-12-3-4-16-14(9-12)15-10-19-7-5-17(15)21(16)8-6-18-13(2)20-11-22-18/h3-4,9,11,19H,5-8,10H2,1-2H3. The Hall–Kier alpha value is -1.65. The van der Waals surface area contributed by atoms with Crippen LogP contribution in [0.3, 0.4) is 0 Å². The summed E-state index contributed by atoms with van der Waals surface area (Å²) < 4.78 is 2.55. The van der Waals surface area contributed by atoms with Crippen LogP contribution < -0.4 is 5.32 Å². The predicted molar refractivity (Wildman–Crippen MR) is 92.6 cm³/mol. The van der Waals surface area contributed by atoms with E-state index in [2.05, 4.69) is 46.9 Å². The van der Waals surface area contributed by atoms with E-state index in [0.29, 0.717) is 0 Å². The average Bonchev–Trinajstić information content (AvgIpc) is 3.07. The Morgan fingerprint density at radius 1 is 1.32 bits per heavy atom. The lowest BCUT2D eigenvalue weighted by Gasteiger charge is -2.17. The first-order valence-electron chi connectivity index (χ1n) is 7.94. The molecular formula is C18H21N3S. The number of aryl methyl sites for hydroxylation is 4. The molecular weight excluding hydrogens is 290 g/mol. The van der Waals surface area contributed by atoms with E-state index in [4.69, 9.17) is 0 Å². The van der Waals surface area contributed by atoms with Gasteiger partial charge in [-0.15, -0.1) is 11.3 Å². The molecule has 0 fully saturated rings. The maximum atomic E-state index is 4.38. The van der Waals surface area contributed by atoms with Crippen molar-refractivity contribution in [1.29, 1.82) is 0 Å². The van der Waals surface area contributed by atoms with Gasteiger partial charge in [0.25, 0.3) is 0 Å². The minimum atomic E-state index is 1.00. The molecule has 114 valence electrons. The second-order valence-electron chi connectivity index (χ2n) is 6.14. The molecule has 3 aromatic rings. The lowest BCUT2D eigenvalue weighted by atomic mass is 10.0. The third-order valence-corrected chi connectivity index (χ3v) is 5.68. The van der Waals surface area contributed by atoms with Crippen molar-refractivity contribution in [1.82, 2.24) is 14.9 Å². The monoisotopic (exact) mass is 311 g/mol. The summed E-state index contributed by atoms with van der Waals surface area (Å²) in [6.07, 6.45) is 2.21. The van der Waals surface area contributed by atoms with Crippen molar-refractivity contribution in [3.8, 4) is 0 Å². The van der Waals surface area contributed by atoms with E-state index >= 15 is 0 Å². The molecule has 0 saturated carbocycles. The number of hydrogen-bond acceptors (Lipinski definition) is 3. The Bertz CT molecular complexity index is 828. The zero-order chi connectivity index (χ0) is 15.1. The normalized spacial score (nSPS) is 14.5. The molecule has 1 aliphatic rings. The second-order valence-corrected chi connectivity index (χ2v) is 7.07. The van der Waals surface area contributed by atoms with E-state index in [9.17, 15) is 0 Å². The predicted octanol–water partition coefficient (Wildman–Crippen LogP) is 3.60. The molecule has 1 aromatic carbocycles. The van der Waals surface area contributed by atoms with Crippen LogP contribution >= 0.6 is 11.3 Å². The van der Waals surface area contributed by atoms with Gasteiger partial charge in [0.05, 0.1) is 11.2 Å². The van der Waals surface area contributed by atoms with Crippen LogP contribution in [-0.4, -0.2) is 16.1 Å². The molecule has 0 atom stereocenters. The van der Waals surface area contributed by atoms with Crippen LogP contribution in [0.15, 0.2) is 23.7 Å². The van der Waals surface area contributed by atoms with Crippen molar-refractivity contribution in [3.63, 3.8) is 0 Å². The molecule has 3 heterocycles. The van der Waals surface area contributed by atoms with E-state index in [1.807, 2.05) is 5.51 Å². The molecule has 0 amide bonds. The highest BCUT2D eigenvalue weighted by Gasteiger charge is 2.19. The first kappa shape index (κ1) is 14.0. The average molecular weight is 311 g/mol. The highest BCUT2D eigenvalue weighted by atomic mass is 32.1. The van der Waals surface area contributed by atoms with Crippen LogP contribution in [0.5, 0.6) is 0 Å². The summed E-state index contributed by atoms with van der Waals surface area (Å²) in [5, 5.41) is 4.96. The van der Waals surface area contributed by atoms with Gasteiger partial charge in [0, 0.05) is 53.9 Å². The largest absolute Gasteiger partial charge is 0.344 e. The summed E-state index contributed by atoms with van der Waals surface area (Å²) in [6, 6.07) is 6.87. The fourth-order valence-corrected chi connectivity index (χ4v) is 4.30. The van der Waals surface area contributed by atoms with Gasteiger partial charge < -0.3 is 9.88 Å². The zero-order valence-corrected chi connectivity index (χ0v) is 14.0. The van der Waals surface area contributed by atoms with E-state index < -0.39 is 0 Å². The molecule has 1 N–H and O–H groups in total. The van der Waals surface area contributed by atoms with Gasteiger partial charge in [-0.05, 0) is 31.5 Å². The second kappa shape index (κ2) is 5.52. The van der Waals surface area contributed by atoms with Crippen LogP contribution in [0.1, 0.15) is 27.4 Å². The number of aromatic nitrogens is 2. The number of nitrogens with one attached hydrogen (secondary N) is 1. The van der Waals surface area contributed by atoms with Crippen molar-refractivity contribution in [3.05, 3.63) is 51.1 Å². The van der Waals surface area contributed by atoms with Gasteiger partial charge in [-0.25, -0.2) is 4.98 Å². The van der Waals surface area contributed by atoms with E-state index in [1.165, 1.54) is 38.3 Å². The van der Waals surface area contributed by atoms with Gasteiger partial charge in [0.2, 0.25) is 0 Å². The zero-order valence-electron chi connectivity index (χ0n) is 13.1. The Balaban J connectivity index is 1.77. The van der Waals surface area contributed by atoms with E-state index in [0.717, 1.165) is 32.5 Å². The van der Waals surface area contributed by atoms with Crippen molar-refractivity contribution in [2.24, 2.45) is 0 Å². The van der Waals surface area contributed by atoms with E-state index in [-0.39, 0.29) is 0 Å². The number of hydrogen-bond donors (Lipinski definition) is 1. The summed E-state index contributed by atoms with van der Waals surface area (Å²) in [5.41, 5.74) is 8.92. The molecule has 1 aliphatic heterocycles. The van der Waals surface area contributed by atoms with Gasteiger partial charge in [-0.3, -0.25) is 0 Å². The summed E-state index contributed by atoms with van der Waals surface area (Å²) in [6.45, 7) is 7.43. The summed E-state index contributed by atoms with van der Waals surface area (Å²) in [5.74, 6) is 0. The molecule has 4 heteroatoms. The quantitative estimate of drug-likeness (QED) is 0.801. The topological polar surface area (TPSA) is 29.9 Å². The van der Waals surface area contributed by atoms with Crippen LogP contribution in [0.4, 0.5) is 0 Å².